The molecule has 3 aromatic heterocycles. The van der Waals surface area contributed by atoms with Crippen molar-refractivity contribution in [3.63, 3.8) is 0 Å². The first-order valence-electron chi connectivity index (χ1n) is 6.14. The van der Waals surface area contributed by atoms with E-state index < -0.39 is 0 Å². The second-order valence-corrected chi connectivity index (χ2v) is 5.30. The molecule has 0 spiro atoms. The van der Waals surface area contributed by atoms with Gasteiger partial charge in [-0.1, -0.05) is 6.92 Å². The third kappa shape index (κ3) is 2.19. The fourth-order valence-corrected chi connectivity index (χ4v) is 2.80. The van der Waals surface area contributed by atoms with Crippen molar-refractivity contribution in [1.29, 1.82) is 0 Å². The summed E-state index contributed by atoms with van der Waals surface area (Å²) in [5.41, 5.74) is 2.39. The summed E-state index contributed by atoms with van der Waals surface area (Å²) in [6, 6.07) is 1.86. The molecule has 0 radical (unpaired) electrons. The maximum Gasteiger partial charge on any atom is 0.193 e. The molecule has 0 amide bonds. The molecule has 3 rings (SSSR count). The molecule has 0 saturated heterocycles. The number of hydrogen-bond donors (Lipinski definition) is 0. The van der Waals surface area contributed by atoms with E-state index in [-0.39, 0.29) is 5.78 Å². The third-order valence-electron chi connectivity index (χ3n) is 3.06. The van der Waals surface area contributed by atoms with Gasteiger partial charge in [0.15, 0.2) is 10.7 Å². The Labute approximate surface area is 114 Å². The maximum atomic E-state index is 12.3. The van der Waals surface area contributed by atoms with Crippen molar-refractivity contribution >= 4 is 22.1 Å². The van der Waals surface area contributed by atoms with Crippen molar-refractivity contribution in [2.75, 3.05) is 0 Å². The van der Waals surface area contributed by atoms with Gasteiger partial charge in [-0.3, -0.25) is 13.9 Å². The number of thiazole rings is 1. The lowest BCUT2D eigenvalue weighted by atomic mass is 10.1. The lowest BCUT2D eigenvalue weighted by Gasteiger charge is -1.98. The molecule has 0 fully saturated rings. The monoisotopic (exact) mass is 274 g/mol. The van der Waals surface area contributed by atoms with Crippen LogP contribution in [0.5, 0.6) is 0 Å². The standard InChI is InChI=1S/C13H14N4OS/c1-3-9-6-11(16(2)15-9)12(18)7-10-8-17-4-5-19-13(17)14-10/h4-6,8H,3,7H2,1-2H3. The Morgan fingerprint density at radius 2 is 2.26 bits per heavy atom. The second-order valence-electron chi connectivity index (χ2n) is 4.42. The number of fused-ring (bicyclic) bond motifs is 1. The highest BCUT2D eigenvalue weighted by atomic mass is 32.1. The highest BCUT2D eigenvalue weighted by Gasteiger charge is 2.15. The minimum atomic E-state index is 0.0560. The Bertz CT molecular complexity index is 708. The predicted molar refractivity (Wildman–Crippen MR) is 73.7 cm³/mol. The Morgan fingerprint density at radius 1 is 1.42 bits per heavy atom. The zero-order valence-electron chi connectivity index (χ0n) is 10.8. The number of ketones is 1. The minimum Gasteiger partial charge on any atom is -0.297 e. The topological polar surface area (TPSA) is 52.2 Å². The molecule has 0 atom stereocenters. The van der Waals surface area contributed by atoms with Crippen molar-refractivity contribution < 1.29 is 4.79 Å². The van der Waals surface area contributed by atoms with Gasteiger partial charge in [0.1, 0.15) is 5.69 Å². The lowest BCUT2D eigenvalue weighted by Crippen LogP contribution is -2.09. The summed E-state index contributed by atoms with van der Waals surface area (Å²) in [5.74, 6) is 0.0560. The first-order chi connectivity index (χ1) is 9.17. The molecular formula is C13H14N4OS. The van der Waals surface area contributed by atoms with Crippen LogP contribution in [0.15, 0.2) is 23.8 Å². The van der Waals surface area contributed by atoms with Gasteiger partial charge in [0.05, 0.1) is 17.8 Å². The SMILES string of the molecule is CCc1cc(C(=O)Cc2cn3ccsc3n2)n(C)n1. The van der Waals surface area contributed by atoms with Crippen LogP contribution in [-0.2, 0) is 19.9 Å². The highest BCUT2D eigenvalue weighted by Crippen LogP contribution is 2.14. The zero-order valence-corrected chi connectivity index (χ0v) is 11.6. The number of aromatic nitrogens is 4. The number of hydrogen-bond acceptors (Lipinski definition) is 4. The Morgan fingerprint density at radius 3 is 2.95 bits per heavy atom. The Hall–Kier alpha value is -1.95. The van der Waals surface area contributed by atoms with Crippen molar-refractivity contribution in [3.8, 4) is 0 Å². The van der Waals surface area contributed by atoms with Crippen LogP contribution in [0, 0.1) is 0 Å². The molecule has 3 aromatic rings. The van der Waals surface area contributed by atoms with Gasteiger partial charge >= 0.3 is 0 Å². The van der Waals surface area contributed by atoms with Crippen molar-refractivity contribution in [3.05, 3.63) is 40.9 Å². The average Bonchev–Trinajstić information content (AvgIpc) is 3.02. The van der Waals surface area contributed by atoms with E-state index in [0.29, 0.717) is 12.1 Å². The van der Waals surface area contributed by atoms with E-state index in [4.69, 9.17) is 0 Å². The molecule has 0 bridgehead atoms. The molecule has 0 aliphatic heterocycles. The van der Waals surface area contributed by atoms with Crippen LogP contribution in [0.25, 0.3) is 4.96 Å². The Balaban J connectivity index is 1.84. The molecule has 98 valence electrons. The van der Waals surface area contributed by atoms with E-state index >= 15 is 0 Å². The molecule has 6 heteroatoms. The number of carbonyl (C=O) groups excluding carboxylic acids is 1. The van der Waals surface area contributed by atoms with E-state index in [1.807, 2.05) is 35.2 Å². The van der Waals surface area contributed by atoms with Gasteiger partial charge in [-0.25, -0.2) is 4.98 Å². The first kappa shape index (κ1) is 12.1. The minimum absolute atomic E-state index is 0.0560. The van der Waals surface area contributed by atoms with Crippen molar-refractivity contribution in [1.82, 2.24) is 19.2 Å². The molecule has 0 aliphatic carbocycles. The zero-order chi connectivity index (χ0) is 13.4. The van der Waals surface area contributed by atoms with Crippen molar-refractivity contribution in [2.45, 2.75) is 19.8 Å². The quantitative estimate of drug-likeness (QED) is 0.685. The number of carbonyl (C=O) groups is 1. The fraction of sp³-hybridized carbons (Fsp3) is 0.308. The average molecular weight is 274 g/mol. The molecule has 0 N–H and O–H groups in total. The summed E-state index contributed by atoms with van der Waals surface area (Å²) < 4.78 is 3.59. The summed E-state index contributed by atoms with van der Waals surface area (Å²) in [7, 11) is 1.80. The molecule has 5 nitrogen and oxygen atoms in total. The number of Topliss-reactive ketones (excluding diaryl/α,β-unsaturated/α-hetero) is 1. The number of rotatable bonds is 4. The van der Waals surface area contributed by atoms with Gasteiger partial charge in [-0.05, 0) is 12.5 Å². The smallest absolute Gasteiger partial charge is 0.193 e. The predicted octanol–water partition coefficient (Wildman–Crippen LogP) is 2.12. The van der Waals surface area contributed by atoms with Gasteiger partial charge in [0, 0.05) is 24.8 Å². The van der Waals surface area contributed by atoms with Crippen molar-refractivity contribution in [2.24, 2.45) is 7.05 Å². The van der Waals surface area contributed by atoms with E-state index in [0.717, 1.165) is 22.8 Å². The van der Waals surface area contributed by atoms with E-state index in [1.165, 1.54) is 0 Å². The van der Waals surface area contributed by atoms with Crippen LogP contribution in [0.2, 0.25) is 0 Å². The molecule has 0 saturated carbocycles. The van der Waals surface area contributed by atoms with Crippen LogP contribution < -0.4 is 0 Å². The van der Waals surface area contributed by atoms with Crippen LogP contribution in [0.4, 0.5) is 0 Å². The molecular weight excluding hydrogens is 260 g/mol. The van der Waals surface area contributed by atoms with E-state index in [9.17, 15) is 4.79 Å². The normalized spacial score (nSPS) is 11.3. The van der Waals surface area contributed by atoms with Gasteiger partial charge < -0.3 is 0 Å². The van der Waals surface area contributed by atoms with Gasteiger partial charge in [-0.15, -0.1) is 11.3 Å². The summed E-state index contributed by atoms with van der Waals surface area (Å²) in [6.07, 6.45) is 5.00. The Kier molecular flexibility index (Phi) is 2.94. The summed E-state index contributed by atoms with van der Waals surface area (Å²) in [4.78, 5) is 17.6. The van der Waals surface area contributed by atoms with Crippen LogP contribution in [0.1, 0.15) is 28.8 Å². The van der Waals surface area contributed by atoms with Gasteiger partial charge in [-0.2, -0.15) is 5.10 Å². The highest BCUT2D eigenvalue weighted by molar-refractivity contribution is 7.15. The summed E-state index contributed by atoms with van der Waals surface area (Å²) in [6.45, 7) is 2.03. The maximum absolute atomic E-state index is 12.3. The van der Waals surface area contributed by atoms with Crippen LogP contribution in [0.3, 0.4) is 0 Å². The summed E-state index contributed by atoms with van der Waals surface area (Å²) in [5, 5.41) is 6.27. The number of nitrogens with zero attached hydrogens (tertiary/aromatic N) is 4. The van der Waals surface area contributed by atoms with Gasteiger partial charge in [0.25, 0.3) is 0 Å². The molecule has 0 aliphatic rings. The third-order valence-corrected chi connectivity index (χ3v) is 3.83. The lowest BCUT2D eigenvalue weighted by molar-refractivity contribution is 0.0983. The number of imidazole rings is 1. The van der Waals surface area contributed by atoms with Gasteiger partial charge in [0.2, 0.25) is 0 Å². The molecule has 19 heavy (non-hydrogen) atoms. The number of aryl methyl sites for hydroxylation is 2. The van der Waals surface area contributed by atoms with E-state index in [1.54, 1.807) is 23.1 Å². The van der Waals surface area contributed by atoms with Crippen LogP contribution in [-0.4, -0.2) is 24.9 Å². The summed E-state index contributed by atoms with van der Waals surface area (Å²) >= 11 is 1.56. The largest absolute Gasteiger partial charge is 0.297 e. The molecule has 3 heterocycles. The first-order valence-corrected chi connectivity index (χ1v) is 7.02. The van der Waals surface area contributed by atoms with Crippen LogP contribution >= 0.6 is 11.3 Å². The van der Waals surface area contributed by atoms with E-state index in [2.05, 4.69) is 10.1 Å². The second kappa shape index (κ2) is 4.62. The molecule has 0 aromatic carbocycles. The fourth-order valence-electron chi connectivity index (χ4n) is 2.08. The molecule has 0 unspecified atom stereocenters.